The number of hydrogen-bond donors (Lipinski definition) is 0. The van der Waals surface area contributed by atoms with Crippen LogP contribution in [0.1, 0.15) is 5.56 Å². The van der Waals surface area contributed by atoms with Gasteiger partial charge >= 0.3 is 0 Å². The molecule has 0 aliphatic heterocycles. The molecule has 0 amide bonds. The molecule has 0 spiro atoms. The third kappa shape index (κ3) is 3.52. The molecule has 0 atom stereocenters. The number of methoxy groups -OCH3 is 2. The van der Waals surface area contributed by atoms with E-state index < -0.39 is 9.84 Å². The number of rotatable bonds is 5. The van der Waals surface area contributed by atoms with Crippen LogP contribution in [-0.4, -0.2) is 22.6 Å². The number of benzene rings is 2. The zero-order valence-corrected chi connectivity index (χ0v) is 13.5. The van der Waals surface area contributed by atoms with Crippen LogP contribution in [0.3, 0.4) is 0 Å². The summed E-state index contributed by atoms with van der Waals surface area (Å²) in [6.45, 7) is 0. The fourth-order valence-electron chi connectivity index (χ4n) is 1.98. The van der Waals surface area contributed by atoms with Gasteiger partial charge in [-0.1, -0.05) is 18.2 Å². The molecule has 0 saturated heterocycles. The van der Waals surface area contributed by atoms with Crippen molar-refractivity contribution in [3.63, 3.8) is 0 Å². The molecule has 2 rings (SSSR count). The van der Waals surface area contributed by atoms with Crippen molar-refractivity contribution in [3.05, 3.63) is 59.0 Å². The maximum atomic E-state index is 12.5. The topological polar surface area (TPSA) is 76.4 Å². The lowest BCUT2D eigenvalue weighted by Gasteiger charge is -2.08. The molecule has 5 nitrogen and oxygen atoms in total. The highest BCUT2D eigenvalue weighted by Gasteiger charge is 2.21. The minimum atomic E-state index is -3.88. The second-order valence-electron chi connectivity index (χ2n) is 4.54. The summed E-state index contributed by atoms with van der Waals surface area (Å²) in [6, 6.07) is 14.5. The van der Waals surface area contributed by atoms with E-state index in [9.17, 15) is 13.7 Å². The lowest BCUT2D eigenvalue weighted by molar-refractivity contribution is 0.394. The van der Waals surface area contributed by atoms with Gasteiger partial charge in [0.05, 0.1) is 19.1 Å². The van der Waals surface area contributed by atoms with Gasteiger partial charge in [0.15, 0.2) is 0 Å². The summed E-state index contributed by atoms with van der Waals surface area (Å²) in [7, 11) is -0.896. The van der Waals surface area contributed by atoms with Gasteiger partial charge in [0, 0.05) is 11.6 Å². The van der Waals surface area contributed by atoms with Crippen LogP contribution in [-0.2, 0) is 9.84 Å². The normalized spacial score (nSPS) is 11.6. The molecule has 0 unspecified atom stereocenters. The Balaban J connectivity index is 2.54. The van der Waals surface area contributed by atoms with Gasteiger partial charge in [-0.2, -0.15) is 5.26 Å². The van der Waals surface area contributed by atoms with Crippen LogP contribution in [0.2, 0.25) is 0 Å². The maximum Gasteiger partial charge on any atom is 0.216 e. The molecule has 0 fully saturated rings. The van der Waals surface area contributed by atoms with Gasteiger partial charge < -0.3 is 9.47 Å². The number of allylic oxidation sites excluding steroid dienone is 1. The van der Waals surface area contributed by atoms with Crippen LogP contribution in [0, 0.1) is 11.3 Å². The van der Waals surface area contributed by atoms with Crippen LogP contribution < -0.4 is 9.47 Å². The minimum Gasteiger partial charge on any atom is -0.497 e. The van der Waals surface area contributed by atoms with Crippen LogP contribution >= 0.6 is 0 Å². The predicted octanol–water partition coefficient (Wildman–Crippen LogP) is 3.04. The summed E-state index contributed by atoms with van der Waals surface area (Å²) in [6.07, 6.45) is 1.29. The number of nitrogens with zero attached hydrogens (tertiary/aromatic N) is 1. The molecule has 2 aromatic carbocycles. The molecule has 0 radical (unpaired) electrons. The highest BCUT2D eigenvalue weighted by Crippen LogP contribution is 2.28. The lowest BCUT2D eigenvalue weighted by Crippen LogP contribution is -2.03. The fourth-order valence-corrected chi connectivity index (χ4v) is 3.15. The number of sulfone groups is 1. The summed E-state index contributed by atoms with van der Waals surface area (Å²) in [5.41, 5.74) is 0.476. The Morgan fingerprint density at radius 2 is 1.78 bits per heavy atom. The lowest BCUT2D eigenvalue weighted by atomic mass is 10.2. The summed E-state index contributed by atoms with van der Waals surface area (Å²) in [5, 5.41) is 9.29. The van der Waals surface area contributed by atoms with Gasteiger partial charge in [-0.15, -0.1) is 0 Å². The van der Waals surface area contributed by atoms with Crippen molar-refractivity contribution in [2.75, 3.05) is 14.2 Å². The van der Waals surface area contributed by atoms with E-state index in [0.29, 0.717) is 17.1 Å². The van der Waals surface area contributed by atoms with E-state index in [1.165, 1.54) is 32.4 Å². The molecule has 6 heteroatoms. The summed E-state index contributed by atoms with van der Waals surface area (Å²) >= 11 is 0. The largest absolute Gasteiger partial charge is 0.497 e. The van der Waals surface area contributed by atoms with E-state index in [0.717, 1.165) is 0 Å². The minimum absolute atomic E-state index is 0.0697. The molecule has 118 valence electrons. The van der Waals surface area contributed by atoms with Crippen molar-refractivity contribution in [3.8, 4) is 17.6 Å². The molecular weight excluding hydrogens is 314 g/mol. The second-order valence-corrected chi connectivity index (χ2v) is 6.46. The number of nitriles is 1. The average Bonchev–Trinajstić information content (AvgIpc) is 2.60. The Morgan fingerprint density at radius 1 is 1.09 bits per heavy atom. The van der Waals surface area contributed by atoms with E-state index >= 15 is 0 Å². The first-order valence-corrected chi connectivity index (χ1v) is 8.15. The van der Waals surface area contributed by atoms with E-state index in [1.54, 1.807) is 42.5 Å². The van der Waals surface area contributed by atoms with Crippen LogP contribution in [0.5, 0.6) is 11.5 Å². The summed E-state index contributed by atoms with van der Waals surface area (Å²) in [5.74, 6) is 0.990. The standard InChI is InChI=1S/C17H15NO4S/c1-21-14-9-8-13(17(11-14)22-2)10-16(12-18)23(19,20)15-6-4-3-5-7-15/h3-11H,1-2H3/b16-10+. The van der Waals surface area contributed by atoms with Crippen LogP contribution in [0.25, 0.3) is 6.08 Å². The van der Waals surface area contributed by atoms with Gasteiger partial charge in [-0.3, -0.25) is 0 Å². The number of ether oxygens (including phenoxy) is 2. The molecule has 0 heterocycles. The van der Waals surface area contributed by atoms with Crippen molar-refractivity contribution in [2.24, 2.45) is 0 Å². The van der Waals surface area contributed by atoms with E-state index in [-0.39, 0.29) is 9.80 Å². The zero-order chi connectivity index (χ0) is 16.9. The Bertz CT molecular complexity index is 865. The molecule has 0 bridgehead atoms. The molecule has 0 aliphatic carbocycles. The van der Waals surface area contributed by atoms with Gasteiger partial charge in [0.25, 0.3) is 0 Å². The first-order valence-electron chi connectivity index (χ1n) is 6.67. The summed E-state index contributed by atoms with van der Waals surface area (Å²) < 4.78 is 35.4. The van der Waals surface area contributed by atoms with Crippen LogP contribution in [0.4, 0.5) is 0 Å². The molecule has 2 aromatic rings. The van der Waals surface area contributed by atoms with Gasteiger partial charge in [0.1, 0.15) is 22.5 Å². The predicted molar refractivity (Wildman–Crippen MR) is 86.8 cm³/mol. The van der Waals surface area contributed by atoms with E-state index in [4.69, 9.17) is 9.47 Å². The van der Waals surface area contributed by atoms with Crippen molar-refractivity contribution in [1.82, 2.24) is 0 Å². The Morgan fingerprint density at radius 3 is 2.35 bits per heavy atom. The van der Waals surface area contributed by atoms with Crippen molar-refractivity contribution in [1.29, 1.82) is 5.26 Å². The smallest absolute Gasteiger partial charge is 0.216 e. The first kappa shape index (κ1) is 16.6. The zero-order valence-electron chi connectivity index (χ0n) is 12.7. The molecule has 23 heavy (non-hydrogen) atoms. The van der Waals surface area contributed by atoms with Gasteiger partial charge in [-0.05, 0) is 30.3 Å². The fraction of sp³-hybridized carbons (Fsp3) is 0.118. The van der Waals surface area contributed by atoms with Gasteiger partial charge in [0.2, 0.25) is 9.84 Å². The van der Waals surface area contributed by atoms with E-state index in [2.05, 4.69) is 0 Å². The maximum absolute atomic E-state index is 12.5. The third-order valence-corrected chi connectivity index (χ3v) is 4.86. The SMILES string of the molecule is COc1ccc(/C=C(\C#N)S(=O)(=O)c2ccccc2)c(OC)c1. The van der Waals surface area contributed by atoms with Gasteiger partial charge in [-0.25, -0.2) is 8.42 Å². The number of hydrogen-bond acceptors (Lipinski definition) is 5. The van der Waals surface area contributed by atoms with Crippen molar-refractivity contribution < 1.29 is 17.9 Å². The monoisotopic (exact) mass is 329 g/mol. The van der Waals surface area contributed by atoms with Crippen LogP contribution in [0.15, 0.2) is 58.3 Å². The molecule has 0 saturated carbocycles. The molecule has 0 N–H and O–H groups in total. The Labute approximate surface area is 135 Å². The molecule has 0 aromatic heterocycles. The quantitative estimate of drug-likeness (QED) is 0.788. The second kappa shape index (κ2) is 6.99. The molecule has 0 aliphatic rings. The Kier molecular flexibility index (Phi) is 5.04. The van der Waals surface area contributed by atoms with Crippen molar-refractivity contribution in [2.45, 2.75) is 4.90 Å². The van der Waals surface area contributed by atoms with E-state index in [1.807, 2.05) is 0 Å². The average molecular weight is 329 g/mol. The van der Waals surface area contributed by atoms with Crippen molar-refractivity contribution >= 4 is 15.9 Å². The first-order chi connectivity index (χ1) is 11.0. The highest BCUT2D eigenvalue weighted by molar-refractivity contribution is 7.95. The highest BCUT2D eigenvalue weighted by atomic mass is 32.2. The molecular formula is C17H15NO4S. The summed E-state index contributed by atoms with van der Waals surface area (Å²) in [4.78, 5) is -0.285. The Hall–Kier alpha value is -2.78. The third-order valence-electron chi connectivity index (χ3n) is 3.18.